The van der Waals surface area contributed by atoms with Crippen molar-refractivity contribution in [3.63, 3.8) is 0 Å². The number of nitrogens with zero attached hydrogens (tertiary/aromatic N) is 1. The van der Waals surface area contributed by atoms with Crippen molar-refractivity contribution in [2.75, 3.05) is 19.0 Å². The molecular weight excluding hydrogens is 336 g/mol. The number of hydrogen-bond acceptors (Lipinski definition) is 2. The highest BCUT2D eigenvalue weighted by molar-refractivity contribution is 9.10. The third-order valence-corrected chi connectivity index (χ3v) is 4.17. The number of benzene rings is 2. The van der Waals surface area contributed by atoms with Gasteiger partial charge in [0, 0.05) is 35.3 Å². The first kappa shape index (κ1) is 15.4. The minimum absolute atomic E-state index is 0.774. The maximum absolute atomic E-state index is 5.91. The van der Waals surface area contributed by atoms with E-state index in [1.165, 1.54) is 16.8 Å². The molecule has 0 aliphatic carbocycles. The minimum Gasteiger partial charge on any atom is -0.370 e. The summed E-state index contributed by atoms with van der Waals surface area (Å²) in [6.45, 7) is 1.72. The Labute approximate surface area is 133 Å². The molecule has 0 fully saturated rings. The zero-order valence-corrected chi connectivity index (χ0v) is 14.0. The summed E-state index contributed by atoms with van der Waals surface area (Å²) in [6.07, 6.45) is 0. The van der Waals surface area contributed by atoms with Crippen molar-refractivity contribution in [2.24, 2.45) is 0 Å². The van der Waals surface area contributed by atoms with Crippen LogP contribution in [0.1, 0.15) is 11.1 Å². The van der Waals surface area contributed by atoms with E-state index in [-0.39, 0.29) is 0 Å². The second-order valence-corrected chi connectivity index (χ2v) is 6.08. The molecule has 2 nitrogen and oxygen atoms in total. The second-order valence-electron chi connectivity index (χ2n) is 4.79. The summed E-state index contributed by atoms with van der Waals surface area (Å²) in [4.78, 5) is 2.22. The molecule has 0 saturated heterocycles. The SMILES string of the molecule is CNCc1ccc(N(C)Cc2ccc(Cl)cc2)cc1Br. The molecule has 2 rings (SSSR count). The average molecular weight is 354 g/mol. The molecule has 4 heteroatoms. The standard InChI is InChI=1S/C16H18BrClN2/c1-19-10-13-5-8-15(9-16(13)17)20(2)11-12-3-6-14(18)7-4-12/h3-9,19H,10-11H2,1-2H3. The molecule has 20 heavy (non-hydrogen) atoms. The summed E-state index contributed by atoms with van der Waals surface area (Å²) < 4.78 is 1.13. The molecule has 2 aromatic carbocycles. The van der Waals surface area contributed by atoms with Crippen LogP contribution in [0.2, 0.25) is 5.02 Å². The fraction of sp³-hybridized carbons (Fsp3) is 0.250. The van der Waals surface area contributed by atoms with Crippen LogP contribution < -0.4 is 10.2 Å². The molecule has 0 amide bonds. The first-order chi connectivity index (χ1) is 9.60. The van der Waals surface area contributed by atoms with Crippen LogP contribution in [0.25, 0.3) is 0 Å². The zero-order valence-electron chi connectivity index (χ0n) is 11.7. The summed E-state index contributed by atoms with van der Waals surface area (Å²) in [5.74, 6) is 0. The van der Waals surface area contributed by atoms with E-state index < -0.39 is 0 Å². The van der Waals surface area contributed by atoms with Gasteiger partial charge in [0.15, 0.2) is 0 Å². The highest BCUT2D eigenvalue weighted by Gasteiger charge is 2.05. The monoisotopic (exact) mass is 352 g/mol. The van der Waals surface area contributed by atoms with Gasteiger partial charge in [-0.3, -0.25) is 0 Å². The van der Waals surface area contributed by atoms with Gasteiger partial charge < -0.3 is 10.2 Å². The van der Waals surface area contributed by atoms with E-state index in [4.69, 9.17) is 11.6 Å². The smallest absolute Gasteiger partial charge is 0.0426 e. The van der Waals surface area contributed by atoms with E-state index in [0.717, 1.165) is 22.6 Å². The summed E-state index contributed by atoms with van der Waals surface area (Å²) >= 11 is 9.53. The molecule has 106 valence electrons. The van der Waals surface area contributed by atoms with E-state index in [2.05, 4.69) is 63.5 Å². The molecular formula is C16H18BrClN2. The van der Waals surface area contributed by atoms with Crippen LogP contribution in [-0.4, -0.2) is 14.1 Å². The Morgan fingerprint density at radius 2 is 1.85 bits per heavy atom. The molecule has 2 aromatic rings. The second kappa shape index (κ2) is 7.11. The molecule has 0 aliphatic heterocycles. The van der Waals surface area contributed by atoms with Gasteiger partial charge in [-0.2, -0.15) is 0 Å². The van der Waals surface area contributed by atoms with Crippen molar-refractivity contribution in [3.05, 3.63) is 63.1 Å². The van der Waals surface area contributed by atoms with Gasteiger partial charge in [0.05, 0.1) is 0 Å². The van der Waals surface area contributed by atoms with E-state index >= 15 is 0 Å². The third-order valence-electron chi connectivity index (χ3n) is 3.18. The lowest BCUT2D eigenvalue weighted by molar-refractivity contribution is 0.813. The average Bonchev–Trinajstić information content (AvgIpc) is 2.44. The Hall–Kier alpha value is -1.03. The van der Waals surface area contributed by atoms with Crippen molar-refractivity contribution in [1.82, 2.24) is 5.32 Å². The van der Waals surface area contributed by atoms with E-state index in [1.54, 1.807) is 0 Å². The summed E-state index contributed by atoms with van der Waals surface area (Å²) in [5, 5.41) is 3.94. The van der Waals surface area contributed by atoms with Crippen molar-refractivity contribution < 1.29 is 0 Å². The van der Waals surface area contributed by atoms with Gasteiger partial charge >= 0.3 is 0 Å². The fourth-order valence-electron chi connectivity index (χ4n) is 2.06. The van der Waals surface area contributed by atoms with Crippen molar-refractivity contribution in [2.45, 2.75) is 13.1 Å². The number of rotatable bonds is 5. The first-order valence-corrected chi connectivity index (χ1v) is 7.66. The Morgan fingerprint density at radius 1 is 1.15 bits per heavy atom. The molecule has 0 bridgehead atoms. The van der Waals surface area contributed by atoms with Crippen LogP contribution in [0.5, 0.6) is 0 Å². The lowest BCUT2D eigenvalue weighted by atomic mass is 10.1. The molecule has 0 atom stereocenters. The van der Waals surface area contributed by atoms with Crippen LogP contribution in [0.15, 0.2) is 46.9 Å². The van der Waals surface area contributed by atoms with Gasteiger partial charge in [0.2, 0.25) is 0 Å². The molecule has 0 heterocycles. The van der Waals surface area contributed by atoms with Crippen molar-refractivity contribution in [3.8, 4) is 0 Å². The number of hydrogen-bond donors (Lipinski definition) is 1. The predicted molar refractivity (Wildman–Crippen MR) is 90.5 cm³/mol. The van der Waals surface area contributed by atoms with Gasteiger partial charge in [0.1, 0.15) is 0 Å². The van der Waals surface area contributed by atoms with Crippen LogP contribution in [-0.2, 0) is 13.1 Å². The van der Waals surface area contributed by atoms with Crippen LogP contribution in [0.3, 0.4) is 0 Å². The lowest BCUT2D eigenvalue weighted by Gasteiger charge is -2.20. The predicted octanol–water partition coefficient (Wildman–Crippen LogP) is 4.46. The summed E-state index contributed by atoms with van der Waals surface area (Å²) in [7, 11) is 4.04. The highest BCUT2D eigenvalue weighted by Crippen LogP contribution is 2.24. The number of nitrogens with one attached hydrogen (secondary N) is 1. The first-order valence-electron chi connectivity index (χ1n) is 6.49. The molecule has 0 spiro atoms. The fourth-order valence-corrected chi connectivity index (χ4v) is 2.70. The zero-order chi connectivity index (χ0) is 14.5. The molecule has 0 unspecified atom stereocenters. The molecule has 1 N–H and O–H groups in total. The maximum Gasteiger partial charge on any atom is 0.0426 e. The van der Waals surface area contributed by atoms with Crippen LogP contribution in [0.4, 0.5) is 5.69 Å². The van der Waals surface area contributed by atoms with Gasteiger partial charge in [0.25, 0.3) is 0 Å². The molecule has 0 aromatic heterocycles. The summed E-state index contributed by atoms with van der Waals surface area (Å²) in [5.41, 5.74) is 3.69. The van der Waals surface area contributed by atoms with E-state index in [1.807, 2.05) is 19.2 Å². The highest BCUT2D eigenvalue weighted by atomic mass is 79.9. The van der Waals surface area contributed by atoms with Crippen LogP contribution >= 0.6 is 27.5 Å². The Morgan fingerprint density at radius 3 is 2.45 bits per heavy atom. The largest absolute Gasteiger partial charge is 0.370 e. The van der Waals surface area contributed by atoms with Crippen molar-refractivity contribution in [1.29, 1.82) is 0 Å². The normalized spacial score (nSPS) is 10.6. The molecule has 0 radical (unpaired) electrons. The quantitative estimate of drug-likeness (QED) is 0.854. The van der Waals surface area contributed by atoms with Gasteiger partial charge in [-0.25, -0.2) is 0 Å². The molecule has 0 aliphatic rings. The third kappa shape index (κ3) is 3.98. The summed E-state index contributed by atoms with van der Waals surface area (Å²) in [6, 6.07) is 14.4. The van der Waals surface area contributed by atoms with Crippen LogP contribution in [0, 0.1) is 0 Å². The van der Waals surface area contributed by atoms with Gasteiger partial charge in [-0.15, -0.1) is 0 Å². The number of anilines is 1. The molecule has 0 saturated carbocycles. The number of halogens is 2. The van der Waals surface area contributed by atoms with Gasteiger partial charge in [-0.1, -0.05) is 45.7 Å². The maximum atomic E-state index is 5.91. The minimum atomic E-state index is 0.774. The topological polar surface area (TPSA) is 15.3 Å². The van der Waals surface area contributed by atoms with E-state index in [0.29, 0.717) is 0 Å². The Bertz CT molecular complexity index is 569. The lowest BCUT2D eigenvalue weighted by Crippen LogP contribution is -2.16. The van der Waals surface area contributed by atoms with E-state index in [9.17, 15) is 0 Å². The Balaban J connectivity index is 2.10. The Kier molecular flexibility index (Phi) is 5.46. The van der Waals surface area contributed by atoms with Gasteiger partial charge in [-0.05, 0) is 42.4 Å². The van der Waals surface area contributed by atoms with Crippen molar-refractivity contribution >= 4 is 33.2 Å².